The van der Waals surface area contributed by atoms with Crippen molar-refractivity contribution < 1.29 is 4.79 Å². The molecule has 4 aromatic rings. The van der Waals surface area contributed by atoms with Gasteiger partial charge in [0.05, 0.1) is 5.69 Å². The van der Waals surface area contributed by atoms with Gasteiger partial charge in [-0.2, -0.15) is 0 Å². The molecule has 0 amide bonds. The number of nitrogens with zero attached hydrogens (tertiary/aromatic N) is 1. The van der Waals surface area contributed by atoms with Gasteiger partial charge in [-0.3, -0.25) is 19.4 Å². The van der Waals surface area contributed by atoms with Crippen molar-refractivity contribution in [1.29, 1.82) is 0 Å². The number of allylic oxidation sites excluding steroid dienone is 1. The van der Waals surface area contributed by atoms with Crippen molar-refractivity contribution in [1.82, 2.24) is 4.98 Å². The number of hydrogen-bond acceptors (Lipinski definition) is 4. The summed E-state index contributed by atoms with van der Waals surface area (Å²) < 4.78 is 0. The second-order valence-electron chi connectivity index (χ2n) is 8.10. The zero-order valence-corrected chi connectivity index (χ0v) is 23.6. The SMILES string of the molecule is C=CC(C)=O.CC.CCc1ccccc1.Cc1c(C)c(=O)c1=O.Cc1ccnc(-c2ccccc2C)c1. The normalized spacial score (nSPS) is 9.08. The van der Waals surface area contributed by atoms with Gasteiger partial charge in [-0.25, -0.2) is 0 Å². The van der Waals surface area contributed by atoms with Crippen molar-refractivity contribution in [2.75, 3.05) is 0 Å². The van der Waals surface area contributed by atoms with Crippen LogP contribution in [-0.2, 0) is 11.2 Å². The molecule has 0 unspecified atom stereocenters. The molecule has 4 nitrogen and oxygen atoms in total. The summed E-state index contributed by atoms with van der Waals surface area (Å²) in [5.74, 6) is 0.0185. The molecule has 0 spiro atoms. The molecular weight excluding hydrogens is 458 g/mol. The molecule has 0 fully saturated rings. The van der Waals surface area contributed by atoms with Gasteiger partial charge in [0.2, 0.25) is 10.9 Å². The maximum absolute atomic E-state index is 10.4. The number of aromatic nitrogens is 1. The smallest absolute Gasteiger partial charge is 0.229 e. The maximum atomic E-state index is 10.4. The summed E-state index contributed by atoms with van der Waals surface area (Å²) in [7, 11) is 0. The molecule has 0 saturated carbocycles. The van der Waals surface area contributed by atoms with Crippen molar-refractivity contribution in [3.05, 3.63) is 134 Å². The van der Waals surface area contributed by atoms with Gasteiger partial charge in [0, 0.05) is 22.9 Å². The van der Waals surface area contributed by atoms with E-state index in [9.17, 15) is 14.4 Å². The van der Waals surface area contributed by atoms with Gasteiger partial charge in [-0.05, 0) is 75.9 Å². The molecule has 0 atom stereocenters. The fourth-order valence-electron chi connectivity index (χ4n) is 2.88. The minimum Gasteiger partial charge on any atom is -0.295 e. The summed E-state index contributed by atoms with van der Waals surface area (Å²) in [4.78, 5) is 34.8. The zero-order chi connectivity index (χ0) is 28.4. The molecule has 0 aliphatic heterocycles. The van der Waals surface area contributed by atoms with Crippen LogP contribution in [0.25, 0.3) is 11.3 Å². The van der Waals surface area contributed by atoms with E-state index < -0.39 is 0 Å². The van der Waals surface area contributed by atoms with Gasteiger partial charge in [-0.15, -0.1) is 0 Å². The Bertz CT molecular complexity index is 1270. The van der Waals surface area contributed by atoms with Gasteiger partial charge >= 0.3 is 0 Å². The Kier molecular flexibility index (Phi) is 16.4. The number of ketones is 1. The highest BCUT2D eigenvalue weighted by atomic mass is 16.2. The lowest BCUT2D eigenvalue weighted by atomic mass is 10.0. The summed E-state index contributed by atoms with van der Waals surface area (Å²) in [6.07, 6.45) is 4.28. The first-order valence-electron chi connectivity index (χ1n) is 12.5. The Balaban J connectivity index is 0.000000489. The van der Waals surface area contributed by atoms with Crippen LogP contribution in [0.3, 0.4) is 0 Å². The first-order valence-corrected chi connectivity index (χ1v) is 12.5. The van der Waals surface area contributed by atoms with Crippen molar-refractivity contribution >= 4 is 5.78 Å². The predicted octanol–water partition coefficient (Wildman–Crippen LogP) is 7.30. The quantitative estimate of drug-likeness (QED) is 0.219. The van der Waals surface area contributed by atoms with E-state index in [-0.39, 0.29) is 16.6 Å². The highest BCUT2D eigenvalue weighted by molar-refractivity contribution is 5.86. The molecule has 0 aliphatic carbocycles. The third-order valence-corrected chi connectivity index (χ3v) is 5.32. The minimum absolute atomic E-state index is 0.0185. The standard InChI is InChI=1S/C13H13N.C8H10.C6H6O2.C4H6O.C2H6/c1-10-7-8-14-13(9-10)12-6-4-3-5-11(12)2;1-2-8-6-4-3-5-7-8;1-3-4(2)6(8)5(3)7;1-3-4(2)5;1-2/h3-9H,1-2H3;3-7H,2H2,1H3;1-2H3;3H,1H2,2H3;1-2H3. The minimum atomic E-state index is -0.317. The fraction of sp³-hybridized carbons (Fsp3) is 0.273. The summed E-state index contributed by atoms with van der Waals surface area (Å²) >= 11 is 0. The lowest BCUT2D eigenvalue weighted by Crippen LogP contribution is -2.36. The van der Waals surface area contributed by atoms with E-state index in [1.165, 1.54) is 35.3 Å². The van der Waals surface area contributed by atoms with Crippen molar-refractivity contribution in [3.63, 3.8) is 0 Å². The molecule has 1 heterocycles. The highest BCUT2D eigenvalue weighted by Crippen LogP contribution is 2.21. The lowest BCUT2D eigenvalue weighted by Gasteiger charge is -2.04. The Morgan fingerprint density at radius 1 is 0.838 bits per heavy atom. The van der Waals surface area contributed by atoms with Crippen molar-refractivity contribution in [2.24, 2.45) is 0 Å². The molecule has 196 valence electrons. The topological polar surface area (TPSA) is 64.1 Å². The van der Waals surface area contributed by atoms with Crippen LogP contribution in [0.15, 0.2) is 95.2 Å². The summed E-state index contributed by atoms with van der Waals surface area (Å²) in [5.41, 5.74) is 6.81. The van der Waals surface area contributed by atoms with Crippen LogP contribution in [0.2, 0.25) is 0 Å². The number of carbonyl (C=O) groups is 1. The molecule has 1 aromatic heterocycles. The summed E-state index contributed by atoms with van der Waals surface area (Å²) in [6.45, 7) is 18.4. The number of aryl methyl sites for hydroxylation is 3. The van der Waals surface area contributed by atoms with E-state index in [1.54, 1.807) is 13.8 Å². The number of pyridine rings is 1. The van der Waals surface area contributed by atoms with Crippen LogP contribution in [0, 0.1) is 27.7 Å². The monoisotopic (exact) mass is 499 g/mol. The molecule has 0 radical (unpaired) electrons. The molecule has 0 aliphatic rings. The average molecular weight is 500 g/mol. The number of benzene rings is 2. The predicted molar refractivity (Wildman–Crippen MR) is 158 cm³/mol. The summed E-state index contributed by atoms with van der Waals surface area (Å²) in [6, 6.07) is 22.9. The molecule has 3 aromatic carbocycles. The molecule has 4 rings (SSSR count). The third kappa shape index (κ3) is 12.0. The molecule has 0 N–H and O–H groups in total. The largest absolute Gasteiger partial charge is 0.295 e. The van der Waals surface area contributed by atoms with Gasteiger partial charge in [0.15, 0.2) is 5.78 Å². The fourth-order valence-corrected chi connectivity index (χ4v) is 2.88. The second kappa shape index (κ2) is 18.4. The van der Waals surface area contributed by atoms with Crippen LogP contribution < -0.4 is 10.9 Å². The highest BCUT2D eigenvalue weighted by Gasteiger charge is 2.10. The second-order valence-corrected chi connectivity index (χ2v) is 8.10. The van der Waals surface area contributed by atoms with E-state index in [0.717, 1.165) is 12.1 Å². The van der Waals surface area contributed by atoms with E-state index in [4.69, 9.17) is 0 Å². The molecular formula is C33H41NO3. The summed E-state index contributed by atoms with van der Waals surface area (Å²) in [5, 5.41) is 0. The lowest BCUT2D eigenvalue weighted by molar-refractivity contribution is -0.112. The van der Waals surface area contributed by atoms with Crippen LogP contribution in [0.4, 0.5) is 0 Å². The van der Waals surface area contributed by atoms with Crippen molar-refractivity contribution in [2.45, 2.75) is 61.8 Å². The maximum Gasteiger partial charge on any atom is 0.229 e. The molecule has 4 heteroatoms. The zero-order valence-electron chi connectivity index (χ0n) is 23.6. The first kappa shape index (κ1) is 33.1. The van der Waals surface area contributed by atoms with E-state index >= 15 is 0 Å². The molecule has 37 heavy (non-hydrogen) atoms. The Hall–Kier alpha value is -3.92. The van der Waals surface area contributed by atoms with E-state index in [0.29, 0.717) is 11.1 Å². The number of carbonyl (C=O) groups excluding carboxylic acids is 1. The van der Waals surface area contributed by atoms with Crippen LogP contribution in [-0.4, -0.2) is 10.8 Å². The first-order chi connectivity index (χ1) is 17.6. The molecule has 0 bridgehead atoms. The van der Waals surface area contributed by atoms with E-state index in [2.05, 4.69) is 80.9 Å². The van der Waals surface area contributed by atoms with Crippen LogP contribution in [0.1, 0.15) is 55.5 Å². The van der Waals surface area contributed by atoms with Gasteiger partial charge < -0.3 is 0 Å². The number of rotatable bonds is 3. The Labute approximate surface area is 222 Å². The molecule has 0 saturated heterocycles. The number of hydrogen-bond donors (Lipinski definition) is 0. The van der Waals surface area contributed by atoms with Crippen molar-refractivity contribution in [3.8, 4) is 11.3 Å². The van der Waals surface area contributed by atoms with Crippen LogP contribution in [0.5, 0.6) is 0 Å². The van der Waals surface area contributed by atoms with Gasteiger partial charge in [0.25, 0.3) is 0 Å². The average Bonchev–Trinajstić information content (AvgIpc) is 2.94. The Morgan fingerprint density at radius 3 is 1.70 bits per heavy atom. The van der Waals surface area contributed by atoms with Gasteiger partial charge in [0.1, 0.15) is 0 Å². The van der Waals surface area contributed by atoms with Gasteiger partial charge in [-0.1, -0.05) is 81.9 Å². The third-order valence-electron chi connectivity index (χ3n) is 5.32. The Morgan fingerprint density at radius 2 is 1.32 bits per heavy atom. The van der Waals surface area contributed by atoms with Crippen LogP contribution >= 0.6 is 0 Å². The van der Waals surface area contributed by atoms with E-state index in [1.807, 2.05) is 38.2 Å².